The topological polar surface area (TPSA) is 88.8 Å². The van der Waals surface area contributed by atoms with Crippen molar-refractivity contribution in [3.63, 3.8) is 0 Å². The molecule has 12 heteroatoms. The smallest absolute Gasteiger partial charge is 0.317 e. The third-order valence-corrected chi connectivity index (χ3v) is 9.61. The van der Waals surface area contributed by atoms with Crippen LogP contribution in [0.15, 0.2) is 83.9 Å². The Morgan fingerprint density at radius 2 is 1.71 bits per heavy atom. The van der Waals surface area contributed by atoms with E-state index in [1.807, 2.05) is 67.7 Å². The predicted octanol–water partition coefficient (Wildman–Crippen LogP) is 6.44. The van der Waals surface area contributed by atoms with Crippen LogP contribution in [-0.4, -0.2) is 81.5 Å². The van der Waals surface area contributed by atoms with Gasteiger partial charge in [0.15, 0.2) is 0 Å². The summed E-state index contributed by atoms with van der Waals surface area (Å²) in [5, 5.41) is 4.76. The number of urea groups is 1. The number of aromatic nitrogens is 1. The molecule has 6 rings (SSSR count). The molecule has 2 N–H and O–H groups in total. The first kappa shape index (κ1) is 32.7. The number of aromatic amines is 1. The summed E-state index contributed by atoms with van der Waals surface area (Å²) in [5.41, 5.74) is 1.79. The van der Waals surface area contributed by atoms with Crippen LogP contribution in [0.3, 0.4) is 0 Å². The molecule has 3 aromatic carbocycles. The molecule has 1 atom stereocenters. The van der Waals surface area contributed by atoms with Crippen molar-refractivity contribution >= 4 is 63.7 Å². The second kappa shape index (κ2) is 14.6. The molecule has 1 aromatic heterocycles. The van der Waals surface area contributed by atoms with Gasteiger partial charge in [-0.15, -0.1) is 11.8 Å². The Morgan fingerprint density at radius 3 is 2.42 bits per heavy atom. The largest absolute Gasteiger partial charge is 0.361 e. The van der Waals surface area contributed by atoms with Crippen molar-refractivity contribution in [3.05, 3.63) is 100 Å². The van der Waals surface area contributed by atoms with Crippen molar-refractivity contribution < 1.29 is 18.8 Å². The van der Waals surface area contributed by atoms with E-state index in [1.54, 1.807) is 20.8 Å². The number of rotatable bonds is 6. The van der Waals surface area contributed by atoms with Crippen LogP contribution in [0.5, 0.6) is 0 Å². The van der Waals surface area contributed by atoms with E-state index in [9.17, 15) is 18.8 Å². The number of amides is 4. The summed E-state index contributed by atoms with van der Waals surface area (Å²) in [4.78, 5) is 48.3. The van der Waals surface area contributed by atoms with E-state index in [4.69, 9.17) is 23.2 Å². The van der Waals surface area contributed by atoms with Gasteiger partial charge in [-0.3, -0.25) is 9.59 Å². The molecule has 1 unspecified atom stereocenters. The van der Waals surface area contributed by atoms with Crippen LogP contribution < -0.4 is 5.32 Å². The minimum absolute atomic E-state index is 0.000118. The van der Waals surface area contributed by atoms with Gasteiger partial charge < -0.3 is 25.0 Å². The van der Waals surface area contributed by atoms with Crippen LogP contribution in [-0.2, 0) is 16.1 Å². The van der Waals surface area contributed by atoms with Gasteiger partial charge >= 0.3 is 6.03 Å². The fourth-order valence-corrected chi connectivity index (χ4v) is 7.22. The molecule has 236 valence electrons. The molecule has 0 radical (unpaired) electrons. The van der Waals surface area contributed by atoms with Gasteiger partial charge in [-0.05, 0) is 60.3 Å². The maximum Gasteiger partial charge on any atom is 0.317 e. The van der Waals surface area contributed by atoms with Crippen LogP contribution >= 0.6 is 35.0 Å². The van der Waals surface area contributed by atoms with Crippen molar-refractivity contribution in [2.75, 3.05) is 39.3 Å². The molecule has 2 aliphatic rings. The molecule has 3 heterocycles. The Bertz CT molecular complexity index is 1660. The highest BCUT2D eigenvalue weighted by Crippen LogP contribution is 2.43. The molecule has 0 saturated carbocycles. The average molecular weight is 671 g/mol. The number of nitrogens with zero attached hydrogens (tertiary/aromatic N) is 3. The number of thioether (sulfide) groups is 1. The van der Waals surface area contributed by atoms with Gasteiger partial charge in [0.2, 0.25) is 11.8 Å². The first-order chi connectivity index (χ1) is 21.7. The van der Waals surface area contributed by atoms with Crippen LogP contribution in [0.1, 0.15) is 18.9 Å². The molecule has 0 aliphatic carbocycles. The van der Waals surface area contributed by atoms with Crippen molar-refractivity contribution in [1.82, 2.24) is 25.0 Å². The lowest BCUT2D eigenvalue weighted by Gasteiger charge is -2.39. The van der Waals surface area contributed by atoms with Crippen molar-refractivity contribution in [2.24, 2.45) is 0 Å². The summed E-state index contributed by atoms with van der Waals surface area (Å²) in [6, 6.07) is 21.6. The Labute approximate surface area is 275 Å². The van der Waals surface area contributed by atoms with E-state index in [0.717, 1.165) is 15.4 Å². The third kappa shape index (κ3) is 7.92. The maximum absolute atomic E-state index is 13.9. The number of halogens is 3. The Morgan fingerprint density at radius 1 is 0.978 bits per heavy atom. The second-order valence-electron chi connectivity index (χ2n) is 10.9. The molecule has 2 saturated heterocycles. The van der Waals surface area contributed by atoms with E-state index in [2.05, 4.69) is 10.3 Å². The van der Waals surface area contributed by atoms with E-state index in [-0.39, 0.29) is 42.4 Å². The molecule has 8 nitrogen and oxygen atoms in total. The number of piperazine rings is 1. The number of hydrogen-bond acceptors (Lipinski definition) is 4. The highest BCUT2D eigenvalue weighted by Gasteiger charge is 2.51. The van der Waals surface area contributed by atoms with Crippen LogP contribution in [0.2, 0.25) is 10.0 Å². The molecule has 0 bridgehead atoms. The van der Waals surface area contributed by atoms with Crippen molar-refractivity contribution in [3.8, 4) is 0 Å². The Balaban J connectivity index is 0.000000336. The van der Waals surface area contributed by atoms with Gasteiger partial charge in [-0.2, -0.15) is 0 Å². The second-order valence-corrected chi connectivity index (χ2v) is 13.2. The standard InChI is InChI=1S/C25H28ClFN4O3S.C8H6ClN/c1-2-28-24(34)30-12-10-29(11-13-30)23(33)25(35-19-6-4-3-5-7-19)15-22(32)31(17-25)16-18-8-9-21(27)20(26)14-18;9-7-2-1-6-3-4-10-8(6)5-7/h3-9,14H,2,10-13,15-17H2,1H3,(H,28,34);1-5,10H. The highest BCUT2D eigenvalue weighted by molar-refractivity contribution is 8.01. The normalized spacial score (nSPS) is 18.1. The Kier molecular flexibility index (Phi) is 10.6. The quantitative estimate of drug-likeness (QED) is 0.247. The monoisotopic (exact) mass is 669 g/mol. The number of carbonyl (C=O) groups excluding carboxylic acids is 3. The van der Waals surface area contributed by atoms with Crippen LogP contribution in [0, 0.1) is 5.82 Å². The van der Waals surface area contributed by atoms with E-state index in [0.29, 0.717) is 38.3 Å². The summed E-state index contributed by atoms with van der Waals surface area (Å²) in [5.74, 6) is -0.753. The maximum atomic E-state index is 13.9. The van der Waals surface area contributed by atoms with Gasteiger partial charge in [0, 0.05) is 67.4 Å². The zero-order chi connectivity index (χ0) is 32.0. The number of H-pyrrole nitrogens is 1. The molecule has 4 aromatic rings. The van der Waals surface area contributed by atoms with Crippen LogP contribution in [0.25, 0.3) is 10.9 Å². The minimum Gasteiger partial charge on any atom is -0.361 e. The zero-order valence-electron chi connectivity index (χ0n) is 24.8. The summed E-state index contributed by atoms with van der Waals surface area (Å²) in [7, 11) is 0. The van der Waals surface area contributed by atoms with Gasteiger partial charge in [-0.1, -0.05) is 53.5 Å². The SMILES string of the molecule is CCNC(=O)N1CCN(C(=O)C2(Sc3ccccc3)CC(=O)N(Cc3ccc(F)c(Cl)c3)C2)CC1.Clc1ccc2cc[nH]c2c1. The molecule has 0 spiro atoms. The number of likely N-dealkylation sites (tertiary alicyclic amines) is 1. The molecule has 2 fully saturated rings. The highest BCUT2D eigenvalue weighted by atomic mass is 35.5. The molecule has 4 amide bonds. The first-order valence-corrected chi connectivity index (χ1v) is 16.3. The lowest BCUT2D eigenvalue weighted by molar-refractivity contribution is -0.135. The summed E-state index contributed by atoms with van der Waals surface area (Å²) in [6.45, 7) is 4.59. The summed E-state index contributed by atoms with van der Waals surface area (Å²) in [6.07, 6.45) is 1.97. The Hall–Kier alpha value is -3.73. The third-order valence-electron chi connectivity index (χ3n) is 7.74. The van der Waals surface area contributed by atoms with Gasteiger partial charge in [0.05, 0.1) is 11.4 Å². The molecule has 45 heavy (non-hydrogen) atoms. The summed E-state index contributed by atoms with van der Waals surface area (Å²) >= 11 is 13.1. The van der Waals surface area contributed by atoms with Gasteiger partial charge in [-0.25, -0.2) is 9.18 Å². The molecular weight excluding hydrogens is 636 g/mol. The van der Waals surface area contributed by atoms with E-state index in [1.165, 1.54) is 29.3 Å². The summed E-state index contributed by atoms with van der Waals surface area (Å²) < 4.78 is 12.6. The number of benzene rings is 3. The zero-order valence-corrected chi connectivity index (χ0v) is 27.1. The fraction of sp³-hybridized carbons (Fsp3) is 0.303. The van der Waals surface area contributed by atoms with Crippen molar-refractivity contribution in [2.45, 2.75) is 29.5 Å². The predicted molar refractivity (Wildman–Crippen MR) is 177 cm³/mol. The lowest BCUT2D eigenvalue weighted by Crippen LogP contribution is -2.57. The van der Waals surface area contributed by atoms with E-state index < -0.39 is 10.6 Å². The minimum atomic E-state index is -0.990. The fourth-order valence-electron chi connectivity index (χ4n) is 5.46. The average Bonchev–Trinajstić information content (AvgIpc) is 3.63. The number of hydrogen-bond donors (Lipinski definition) is 2. The molecule has 2 aliphatic heterocycles. The van der Waals surface area contributed by atoms with Crippen LogP contribution in [0.4, 0.5) is 9.18 Å². The lowest BCUT2D eigenvalue weighted by atomic mass is 10.1. The van der Waals surface area contributed by atoms with Crippen molar-refractivity contribution in [1.29, 1.82) is 0 Å². The first-order valence-electron chi connectivity index (χ1n) is 14.7. The number of nitrogens with one attached hydrogen (secondary N) is 2. The van der Waals surface area contributed by atoms with E-state index >= 15 is 0 Å². The van der Waals surface area contributed by atoms with Gasteiger partial charge in [0.25, 0.3) is 0 Å². The molecular formula is C33H34Cl2FN5O3S. The van der Waals surface area contributed by atoms with Gasteiger partial charge in [0.1, 0.15) is 10.6 Å². The number of carbonyl (C=O) groups is 3. The number of fused-ring (bicyclic) bond motifs is 1.